The van der Waals surface area contributed by atoms with Crippen molar-refractivity contribution in [3.05, 3.63) is 59.7 Å². The molecule has 2 nitrogen and oxygen atoms in total. The Morgan fingerprint density at radius 3 is 2.19 bits per heavy atom. The molecule has 0 aliphatic rings. The molecule has 0 spiro atoms. The van der Waals surface area contributed by atoms with Crippen LogP contribution >= 0.6 is 11.8 Å². The maximum absolute atomic E-state index is 5.98. The molecule has 21 heavy (non-hydrogen) atoms. The van der Waals surface area contributed by atoms with E-state index in [9.17, 15) is 0 Å². The molecule has 0 radical (unpaired) electrons. The lowest BCUT2D eigenvalue weighted by Gasteiger charge is -2.23. The van der Waals surface area contributed by atoms with Gasteiger partial charge in [-0.1, -0.05) is 36.4 Å². The standard InChI is InChI=1S/C18H23NOS/c1-13(2)20-16-11-7-5-9-14(16)18(19-3)15-10-6-8-12-17(15)21-4/h5-13,18-19H,1-4H3. The zero-order valence-corrected chi connectivity index (χ0v) is 13.9. The Balaban J connectivity index is 2.46. The molecule has 2 aromatic carbocycles. The smallest absolute Gasteiger partial charge is 0.124 e. The first kappa shape index (κ1) is 15.9. The topological polar surface area (TPSA) is 21.3 Å². The van der Waals surface area contributed by atoms with Gasteiger partial charge in [0.2, 0.25) is 0 Å². The van der Waals surface area contributed by atoms with Gasteiger partial charge in [-0.15, -0.1) is 11.8 Å². The quantitative estimate of drug-likeness (QED) is 0.794. The van der Waals surface area contributed by atoms with Crippen LogP contribution in [0.4, 0.5) is 0 Å². The van der Waals surface area contributed by atoms with E-state index in [2.05, 4.69) is 61.8 Å². The van der Waals surface area contributed by atoms with Crippen LogP contribution < -0.4 is 10.1 Å². The van der Waals surface area contributed by atoms with Crippen LogP contribution in [0.25, 0.3) is 0 Å². The van der Waals surface area contributed by atoms with Gasteiger partial charge in [-0.05, 0) is 44.8 Å². The van der Waals surface area contributed by atoms with Crippen LogP contribution in [0.1, 0.15) is 31.0 Å². The number of benzene rings is 2. The summed E-state index contributed by atoms with van der Waals surface area (Å²) in [6.07, 6.45) is 2.28. The average molecular weight is 301 g/mol. The maximum Gasteiger partial charge on any atom is 0.124 e. The minimum atomic E-state index is 0.128. The first-order valence-corrected chi connectivity index (χ1v) is 8.45. The molecule has 0 amide bonds. The molecule has 2 aromatic rings. The maximum atomic E-state index is 5.98. The summed E-state index contributed by atoms with van der Waals surface area (Å²) in [5.74, 6) is 0.947. The second-order valence-electron chi connectivity index (χ2n) is 5.17. The molecule has 1 atom stereocenters. The van der Waals surface area contributed by atoms with E-state index in [0.717, 1.165) is 5.75 Å². The molecular weight excluding hydrogens is 278 g/mol. The molecule has 0 saturated carbocycles. The third kappa shape index (κ3) is 3.80. The lowest BCUT2D eigenvalue weighted by Crippen LogP contribution is -2.20. The van der Waals surface area contributed by atoms with Gasteiger partial charge in [0, 0.05) is 10.5 Å². The fourth-order valence-corrected chi connectivity index (χ4v) is 3.10. The summed E-state index contributed by atoms with van der Waals surface area (Å²) in [7, 11) is 1.99. The van der Waals surface area contributed by atoms with Crippen molar-refractivity contribution in [1.29, 1.82) is 0 Å². The van der Waals surface area contributed by atoms with E-state index in [4.69, 9.17) is 4.74 Å². The van der Waals surface area contributed by atoms with E-state index in [1.54, 1.807) is 11.8 Å². The van der Waals surface area contributed by atoms with Gasteiger partial charge in [0.1, 0.15) is 5.75 Å². The van der Waals surface area contributed by atoms with Crippen LogP contribution in [0.15, 0.2) is 53.4 Å². The van der Waals surface area contributed by atoms with E-state index >= 15 is 0 Å². The number of hydrogen-bond acceptors (Lipinski definition) is 3. The Hall–Kier alpha value is -1.45. The Labute approximate surface area is 131 Å². The van der Waals surface area contributed by atoms with E-state index in [0.29, 0.717) is 0 Å². The fraction of sp³-hybridized carbons (Fsp3) is 0.333. The van der Waals surface area contributed by atoms with Gasteiger partial charge < -0.3 is 10.1 Å². The lowest BCUT2D eigenvalue weighted by atomic mass is 9.98. The number of rotatable bonds is 6. The van der Waals surface area contributed by atoms with E-state index in [1.807, 2.05) is 19.2 Å². The fourth-order valence-electron chi connectivity index (χ4n) is 2.46. The minimum Gasteiger partial charge on any atom is -0.491 e. The zero-order valence-electron chi connectivity index (χ0n) is 13.1. The highest BCUT2D eigenvalue weighted by molar-refractivity contribution is 7.98. The molecule has 0 bridgehead atoms. The minimum absolute atomic E-state index is 0.128. The number of thioether (sulfide) groups is 1. The molecule has 0 aromatic heterocycles. The van der Waals surface area contributed by atoms with Crippen molar-refractivity contribution in [3.8, 4) is 5.75 Å². The molecule has 0 aliphatic carbocycles. The summed E-state index contributed by atoms with van der Waals surface area (Å²) in [6.45, 7) is 4.11. The summed E-state index contributed by atoms with van der Waals surface area (Å²) in [6, 6.07) is 16.9. The number of nitrogens with one attached hydrogen (secondary N) is 1. The van der Waals surface area contributed by atoms with Crippen molar-refractivity contribution >= 4 is 11.8 Å². The van der Waals surface area contributed by atoms with Crippen molar-refractivity contribution in [2.45, 2.75) is 30.9 Å². The summed E-state index contributed by atoms with van der Waals surface area (Å²) in [5.41, 5.74) is 2.46. The van der Waals surface area contributed by atoms with Crippen LogP contribution in [0.5, 0.6) is 5.75 Å². The SMILES string of the molecule is CNC(c1ccccc1OC(C)C)c1ccccc1SC. The molecule has 0 saturated heterocycles. The number of hydrogen-bond donors (Lipinski definition) is 1. The molecule has 1 N–H and O–H groups in total. The second-order valence-corrected chi connectivity index (χ2v) is 6.02. The molecular formula is C18H23NOS. The van der Waals surface area contributed by atoms with Gasteiger partial charge in [0.25, 0.3) is 0 Å². The highest BCUT2D eigenvalue weighted by atomic mass is 32.2. The van der Waals surface area contributed by atoms with E-state index in [1.165, 1.54) is 16.0 Å². The number of para-hydroxylation sites is 1. The average Bonchev–Trinajstić information content (AvgIpc) is 2.49. The molecule has 112 valence electrons. The van der Waals surface area contributed by atoms with Crippen molar-refractivity contribution in [2.75, 3.05) is 13.3 Å². The van der Waals surface area contributed by atoms with Crippen LogP contribution in [-0.2, 0) is 0 Å². The van der Waals surface area contributed by atoms with Gasteiger partial charge in [-0.3, -0.25) is 0 Å². The molecule has 0 aliphatic heterocycles. The third-order valence-corrected chi connectivity index (χ3v) is 4.14. The molecule has 0 fully saturated rings. The van der Waals surface area contributed by atoms with Crippen LogP contribution in [-0.4, -0.2) is 19.4 Å². The second kappa shape index (κ2) is 7.53. The van der Waals surface area contributed by atoms with Gasteiger partial charge in [0.05, 0.1) is 12.1 Å². The van der Waals surface area contributed by atoms with Crippen LogP contribution in [0, 0.1) is 0 Å². The summed E-state index contributed by atoms with van der Waals surface area (Å²) in [4.78, 5) is 1.29. The molecule has 0 heterocycles. The molecule has 2 rings (SSSR count). The van der Waals surface area contributed by atoms with Crippen molar-refractivity contribution in [2.24, 2.45) is 0 Å². The van der Waals surface area contributed by atoms with Gasteiger partial charge in [0.15, 0.2) is 0 Å². The largest absolute Gasteiger partial charge is 0.491 e. The number of ether oxygens (including phenoxy) is 1. The summed E-state index contributed by atoms with van der Waals surface area (Å²) in [5, 5.41) is 3.43. The molecule has 1 unspecified atom stereocenters. The van der Waals surface area contributed by atoms with Crippen LogP contribution in [0.3, 0.4) is 0 Å². The first-order chi connectivity index (χ1) is 10.2. The monoisotopic (exact) mass is 301 g/mol. The third-order valence-electron chi connectivity index (χ3n) is 3.33. The van der Waals surface area contributed by atoms with Crippen molar-refractivity contribution in [1.82, 2.24) is 5.32 Å². The van der Waals surface area contributed by atoms with Gasteiger partial charge >= 0.3 is 0 Å². The predicted molar refractivity (Wildman–Crippen MR) is 91.3 cm³/mol. The normalized spacial score (nSPS) is 12.4. The Kier molecular flexibility index (Phi) is 5.71. The molecule has 3 heteroatoms. The van der Waals surface area contributed by atoms with Crippen molar-refractivity contribution in [3.63, 3.8) is 0 Å². The summed E-state index contributed by atoms with van der Waals surface area (Å²) < 4.78 is 5.98. The van der Waals surface area contributed by atoms with E-state index < -0.39 is 0 Å². The summed E-state index contributed by atoms with van der Waals surface area (Å²) >= 11 is 1.77. The zero-order chi connectivity index (χ0) is 15.2. The highest BCUT2D eigenvalue weighted by Gasteiger charge is 2.19. The predicted octanol–water partition coefficient (Wildman–Crippen LogP) is 4.50. The van der Waals surface area contributed by atoms with Crippen molar-refractivity contribution < 1.29 is 4.74 Å². The van der Waals surface area contributed by atoms with Gasteiger partial charge in [-0.2, -0.15) is 0 Å². The highest BCUT2D eigenvalue weighted by Crippen LogP contribution is 2.34. The van der Waals surface area contributed by atoms with E-state index in [-0.39, 0.29) is 12.1 Å². The van der Waals surface area contributed by atoms with Gasteiger partial charge in [-0.25, -0.2) is 0 Å². The van der Waals surface area contributed by atoms with Crippen LogP contribution in [0.2, 0.25) is 0 Å². The first-order valence-electron chi connectivity index (χ1n) is 7.23. The lowest BCUT2D eigenvalue weighted by molar-refractivity contribution is 0.238. The Bertz CT molecular complexity index is 583. The Morgan fingerprint density at radius 2 is 1.57 bits per heavy atom. The Morgan fingerprint density at radius 1 is 0.952 bits per heavy atom.